The number of amidine groups is 1. The number of amides is 2. The minimum absolute atomic E-state index is 0.0319. The van der Waals surface area contributed by atoms with Crippen molar-refractivity contribution in [2.75, 3.05) is 12.4 Å². The summed E-state index contributed by atoms with van der Waals surface area (Å²) in [5.74, 6) is -1.60. The number of aliphatic imine (C=N–C) groups is 1. The fourth-order valence-corrected chi connectivity index (χ4v) is 4.59. The van der Waals surface area contributed by atoms with Crippen LogP contribution in [0.25, 0.3) is 0 Å². The summed E-state index contributed by atoms with van der Waals surface area (Å²) < 4.78 is 18.6. The van der Waals surface area contributed by atoms with E-state index in [-0.39, 0.29) is 24.4 Å². The van der Waals surface area contributed by atoms with E-state index < -0.39 is 22.9 Å². The van der Waals surface area contributed by atoms with Crippen LogP contribution >= 0.6 is 11.8 Å². The average Bonchev–Trinajstić information content (AvgIpc) is 2.87. The molecule has 2 N–H and O–H groups in total. The number of hydrogen-bond acceptors (Lipinski definition) is 6. The molecular formula is C26H22FN3O5S. The van der Waals surface area contributed by atoms with Crippen LogP contribution in [0.5, 0.6) is 5.75 Å². The molecule has 1 aliphatic rings. The lowest BCUT2D eigenvalue weighted by molar-refractivity contribution is -0.129. The fourth-order valence-electron chi connectivity index (χ4n) is 3.49. The van der Waals surface area contributed by atoms with Gasteiger partial charge in [-0.05, 0) is 60.2 Å². The number of rotatable bonds is 7. The van der Waals surface area contributed by atoms with Crippen LogP contribution in [0.15, 0.2) is 77.8 Å². The number of thioether (sulfide) groups is 1. The molecule has 1 atom stereocenters. The molecule has 184 valence electrons. The van der Waals surface area contributed by atoms with Gasteiger partial charge in [0.2, 0.25) is 11.8 Å². The third-order valence-corrected chi connectivity index (χ3v) is 6.55. The van der Waals surface area contributed by atoms with Crippen LogP contribution in [-0.2, 0) is 16.1 Å². The molecule has 1 fully saturated rings. The Bertz CT molecular complexity index is 1310. The van der Waals surface area contributed by atoms with Gasteiger partial charge in [0.1, 0.15) is 16.8 Å². The Hall–Kier alpha value is -4.18. The second kappa shape index (κ2) is 11.0. The number of carbonyl (C=O) groups is 3. The van der Waals surface area contributed by atoms with Crippen LogP contribution in [0, 0.1) is 5.82 Å². The molecule has 3 aromatic rings. The molecule has 8 nitrogen and oxygen atoms in total. The SMILES string of the molecule is COc1ccc(CN2C(=O)CC(C(=O)Nc3cccc(C(=O)O)c3)SC2=Nc2ccc(F)cc2)cc1. The second-order valence-electron chi connectivity index (χ2n) is 7.88. The molecule has 10 heteroatoms. The zero-order chi connectivity index (χ0) is 25.7. The number of nitrogens with zero attached hydrogens (tertiary/aromatic N) is 2. The van der Waals surface area contributed by atoms with Crippen molar-refractivity contribution < 1.29 is 28.6 Å². The van der Waals surface area contributed by atoms with Gasteiger partial charge in [-0.2, -0.15) is 0 Å². The molecule has 1 heterocycles. The largest absolute Gasteiger partial charge is 0.497 e. The standard InChI is InChI=1S/C26H22FN3O5S/c1-35-21-11-5-16(6-12-21)15-30-23(31)14-22(36-26(30)29-19-9-7-18(27)8-10-19)24(32)28-20-4-2-3-17(13-20)25(33)34/h2-13,22H,14-15H2,1H3,(H,28,32)(H,33,34). The van der Waals surface area contributed by atoms with Crippen LogP contribution in [0.2, 0.25) is 0 Å². The predicted molar refractivity (Wildman–Crippen MR) is 135 cm³/mol. The molecule has 2 amide bonds. The van der Waals surface area contributed by atoms with E-state index in [0.717, 1.165) is 17.3 Å². The van der Waals surface area contributed by atoms with E-state index in [2.05, 4.69) is 10.3 Å². The zero-order valence-corrected chi connectivity index (χ0v) is 20.0. The Kier molecular flexibility index (Phi) is 7.65. The molecule has 36 heavy (non-hydrogen) atoms. The summed E-state index contributed by atoms with van der Waals surface area (Å²) in [6, 6.07) is 18.6. The van der Waals surface area contributed by atoms with Crippen molar-refractivity contribution in [3.05, 3.63) is 89.7 Å². The smallest absolute Gasteiger partial charge is 0.335 e. The van der Waals surface area contributed by atoms with E-state index in [1.165, 1.54) is 47.4 Å². The maximum atomic E-state index is 13.4. The van der Waals surface area contributed by atoms with Crippen molar-refractivity contribution in [1.82, 2.24) is 4.90 Å². The van der Waals surface area contributed by atoms with E-state index in [4.69, 9.17) is 4.74 Å². The molecule has 0 radical (unpaired) electrons. The Morgan fingerprint density at radius 1 is 1.14 bits per heavy atom. The van der Waals surface area contributed by atoms with Crippen LogP contribution in [0.1, 0.15) is 22.3 Å². The number of carboxylic acid groups (broad SMARTS) is 1. The highest BCUT2D eigenvalue weighted by molar-refractivity contribution is 8.15. The highest BCUT2D eigenvalue weighted by atomic mass is 32.2. The summed E-state index contributed by atoms with van der Waals surface area (Å²) in [6.45, 7) is 0.227. The number of aromatic carboxylic acids is 1. The van der Waals surface area contributed by atoms with Crippen LogP contribution in [-0.4, -0.2) is 45.3 Å². The molecule has 0 aliphatic carbocycles. The summed E-state index contributed by atoms with van der Waals surface area (Å²) in [5, 5.41) is 11.4. The number of carboxylic acids is 1. The molecule has 4 rings (SSSR count). The summed E-state index contributed by atoms with van der Waals surface area (Å²) in [4.78, 5) is 43.4. The molecule has 0 aromatic heterocycles. The topological polar surface area (TPSA) is 108 Å². The van der Waals surface area contributed by atoms with Gasteiger partial charge in [0.25, 0.3) is 0 Å². The van der Waals surface area contributed by atoms with Crippen molar-refractivity contribution in [2.24, 2.45) is 4.99 Å². The van der Waals surface area contributed by atoms with Gasteiger partial charge >= 0.3 is 5.97 Å². The second-order valence-corrected chi connectivity index (χ2v) is 9.05. The minimum Gasteiger partial charge on any atom is -0.497 e. The number of nitrogens with one attached hydrogen (secondary N) is 1. The molecule has 1 unspecified atom stereocenters. The third-order valence-electron chi connectivity index (χ3n) is 5.36. The maximum Gasteiger partial charge on any atom is 0.335 e. The lowest BCUT2D eigenvalue weighted by atomic mass is 10.1. The Labute approximate surface area is 210 Å². The molecule has 3 aromatic carbocycles. The molecular weight excluding hydrogens is 485 g/mol. The minimum atomic E-state index is -1.11. The molecule has 0 saturated carbocycles. The number of halogens is 1. The fraction of sp³-hybridized carbons (Fsp3) is 0.154. The number of carbonyl (C=O) groups excluding carboxylic acids is 2. The number of benzene rings is 3. The van der Waals surface area contributed by atoms with Crippen molar-refractivity contribution in [3.8, 4) is 5.75 Å². The third kappa shape index (κ3) is 6.08. The number of ether oxygens (including phenoxy) is 1. The summed E-state index contributed by atoms with van der Waals surface area (Å²) >= 11 is 1.12. The van der Waals surface area contributed by atoms with Crippen molar-refractivity contribution in [2.45, 2.75) is 18.2 Å². The normalized spacial score (nSPS) is 16.6. The van der Waals surface area contributed by atoms with Gasteiger partial charge in [0.15, 0.2) is 5.17 Å². The molecule has 1 aliphatic heterocycles. The van der Waals surface area contributed by atoms with Crippen molar-refractivity contribution in [3.63, 3.8) is 0 Å². The van der Waals surface area contributed by atoms with E-state index in [1.54, 1.807) is 25.3 Å². The highest BCUT2D eigenvalue weighted by Crippen LogP contribution is 2.31. The monoisotopic (exact) mass is 507 g/mol. The first-order valence-corrected chi connectivity index (χ1v) is 11.8. The van der Waals surface area contributed by atoms with Crippen LogP contribution < -0.4 is 10.1 Å². The summed E-state index contributed by atoms with van der Waals surface area (Å²) in [5.41, 5.74) is 1.61. The Morgan fingerprint density at radius 3 is 2.53 bits per heavy atom. The molecule has 0 spiro atoms. The molecule has 0 bridgehead atoms. The van der Waals surface area contributed by atoms with Crippen LogP contribution in [0.3, 0.4) is 0 Å². The first-order valence-electron chi connectivity index (χ1n) is 10.9. The zero-order valence-electron chi connectivity index (χ0n) is 19.2. The highest BCUT2D eigenvalue weighted by Gasteiger charge is 2.36. The van der Waals surface area contributed by atoms with E-state index in [1.807, 2.05) is 12.1 Å². The van der Waals surface area contributed by atoms with E-state index >= 15 is 0 Å². The number of hydrogen-bond donors (Lipinski definition) is 2. The van der Waals surface area contributed by atoms with Crippen molar-refractivity contribution >= 4 is 46.1 Å². The average molecular weight is 508 g/mol. The Balaban J connectivity index is 1.58. The lowest BCUT2D eigenvalue weighted by Gasteiger charge is -2.32. The Morgan fingerprint density at radius 2 is 1.86 bits per heavy atom. The first kappa shape index (κ1) is 24.9. The lowest BCUT2D eigenvalue weighted by Crippen LogP contribution is -2.44. The summed E-state index contributed by atoms with van der Waals surface area (Å²) in [7, 11) is 1.57. The van der Waals surface area contributed by atoms with E-state index in [9.17, 15) is 23.9 Å². The van der Waals surface area contributed by atoms with Gasteiger partial charge in [-0.15, -0.1) is 0 Å². The summed E-state index contributed by atoms with van der Waals surface area (Å²) in [6.07, 6.45) is -0.0757. The quantitative estimate of drug-likeness (QED) is 0.480. The molecule has 1 saturated heterocycles. The number of methoxy groups -OCH3 is 1. The first-order chi connectivity index (χ1) is 17.3. The van der Waals surface area contributed by atoms with Gasteiger partial charge in [-0.25, -0.2) is 14.2 Å². The van der Waals surface area contributed by atoms with Gasteiger partial charge in [-0.1, -0.05) is 30.0 Å². The van der Waals surface area contributed by atoms with Gasteiger partial charge in [0.05, 0.1) is 24.9 Å². The van der Waals surface area contributed by atoms with Gasteiger partial charge in [-0.3, -0.25) is 14.5 Å². The maximum absolute atomic E-state index is 13.4. The van der Waals surface area contributed by atoms with Crippen molar-refractivity contribution in [1.29, 1.82) is 0 Å². The van der Waals surface area contributed by atoms with E-state index in [0.29, 0.717) is 22.3 Å². The van der Waals surface area contributed by atoms with Gasteiger partial charge < -0.3 is 15.2 Å². The van der Waals surface area contributed by atoms with Crippen LogP contribution in [0.4, 0.5) is 15.8 Å². The predicted octanol–water partition coefficient (Wildman–Crippen LogP) is 4.69. The van der Waals surface area contributed by atoms with Gasteiger partial charge in [0, 0.05) is 12.1 Å². The number of anilines is 1.